The second kappa shape index (κ2) is 12.3. The number of halogens is 2. The second-order valence-corrected chi connectivity index (χ2v) is 8.41. The molecule has 0 spiro atoms. The first-order valence-electron chi connectivity index (χ1n) is 9.50. The molecule has 3 nitrogen and oxygen atoms in total. The molecule has 146 valence electrons. The Morgan fingerprint density at radius 1 is 1.19 bits per heavy atom. The smallest absolute Gasteiger partial charge is 0.303 e. The molecule has 0 aromatic carbocycles. The minimum absolute atomic E-state index is 0.0876. The summed E-state index contributed by atoms with van der Waals surface area (Å²) in [5.41, 5.74) is -0.108. The zero-order valence-electron chi connectivity index (χ0n) is 15.7. The predicted molar refractivity (Wildman–Crippen MR) is 118 cm³/mol. The van der Waals surface area contributed by atoms with E-state index in [2.05, 4.69) is 74.9 Å². The molecular weight excluding hydrogens is 472 g/mol. The van der Waals surface area contributed by atoms with Gasteiger partial charge in [0.25, 0.3) is 0 Å². The van der Waals surface area contributed by atoms with Crippen LogP contribution in [0.1, 0.15) is 57.6 Å². The van der Waals surface area contributed by atoms with E-state index in [0.717, 1.165) is 44.9 Å². The van der Waals surface area contributed by atoms with Crippen LogP contribution in [0.5, 0.6) is 5.95 Å². The molecule has 0 radical (unpaired) electrons. The average molecular weight is 498 g/mol. The summed E-state index contributed by atoms with van der Waals surface area (Å²) in [5.74, 6) is 7.31. The molecule has 1 aromatic heterocycles. The van der Waals surface area contributed by atoms with Crippen LogP contribution in [-0.2, 0) is 6.42 Å². The van der Waals surface area contributed by atoms with Crippen molar-refractivity contribution >= 4 is 31.9 Å². The molecule has 0 saturated heterocycles. The minimum atomic E-state index is -0.108. The fraction of sp³-hybridized carbons (Fsp3) is 0.500. The summed E-state index contributed by atoms with van der Waals surface area (Å²) in [7, 11) is 0. The Morgan fingerprint density at radius 2 is 2.00 bits per heavy atom. The molecule has 0 fully saturated rings. The number of ether oxygens (including phenoxy) is 1. The molecule has 0 unspecified atom stereocenters. The molecule has 0 aliphatic carbocycles. The number of hydrogen-bond donors (Lipinski definition) is 0. The minimum Gasteiger partial charge on any atom is -0.460 e. The van der Waals surface area contributed by atoms with Crippen molar-refractivity contribution in [2.24, 2.45) is 0 Å². The van der Waals surface area contributed by atoms with Gasteiger partial charge in [-0.2, -0.15) is 0 Å². The first-order chi connectivity index (χ1) is 13.1. The highest BCUT2D eigenvalue weighted by Gasteiger charge is 2.21. The van der Waals surface area contributed by atoms with Gasteiger partial charge >= 0.3 is 5.95 Å². The van der Waals surface area contributed by atoms with Crippen LogP contribution in [0.25, 0.3) is 0 Å². The van der Waals surface area contributed by atoms with E-state index in [-0.39, 0.29) is 22.3 Å². The third kappa shape index (κ3) is 7.71. The number of alkyl halides is 1. The molecular formula is C22H26Br2O3. The standard InChI is InChI=1S/C22H26Br2O3/c1-2-20-18(23)15-13-11-9-7-5-3-4-6-8-10-12-14-17-16-19(25)21(24)22(26-17)27-20/h5,7,11,13,16,18,20H,2-3,8-10,12,14-15H2,1H3/b7-5-,13-11-/t18-,20-/m0/s1. The topological polar surface area (TPSA) is 39.4 Å². The quantitative estimate of drug-likeness (QED) is 0.258. The zero-order chi connectivity index (χ0) is 19.5. The highest BCUT2D eigenvalue weighted by Crippen LogP contribution is 2.28. The molecule has 0 N–H and O–H groups in total. The summed E-state index contributed by atoms with van der Waals surface area (Å²) in [6.07, 6.45) is 15.3. The van der Waals surface area contributed by atoms with E-state index < -0.39 is 0 Å². The van der Waals surface area contributed by atoms with Crippen LogP contribution >= 0.6 is 31.9 Å². The molecule has 27 heavy (non-hydrogen) atoms. The Kier molecular flexibility index (Phi) is 10.0. The van der Waals surface area contributed by atoms with Gasteiger partial charge in [0.05, 0.1) is 4.83 Å². The molecule has 2 heterocycles. The van der Waals surface area contributed by atoms with Crippen LogP contribution in [0, 0.1) is 11.8 Å². The van der Waals surface area contributed by atoms with E-state index in [1.807, 2.05) is 0 Å². The molecule has 1 aliphatic rings. The molecule has 5 heteroatoms. The van der Waals surface area contributed by atoms with Crippen molar-refractivity contribution < 1.29 is 9.15 Å². The maximum absolute atomic E-state index is 12.3. The Labute approximate surface area is 178 Å². The van der Waals surface area contributed by atoms with Gasteiger partial charge in [-0.1, -0.05) is 53.1 Å². The van der Waals surface area contributed by atoms with Crippen molar-refractivity contribution in [3.05, 3.63) is 50.8 Å². The van der Waals surface area contributed by atoms with Gasteiger partial charge < -0.3 is 9.15 Å². The number of rotatable bonds is 1. The van der Waals surface area contributed by atoms with Gasteiger partial charge in [0, 0.05) is 25.3 Å². The molecule has 2 rings (SSSR count). The summed E-state index contributed by atoms with van der Waals surface area (Å²) in [6.45, 7) is 2.07. The first-order valence-corrected chi connectivity index (χ1v) is 11.2. The van der Waals surface area contributed by atoms with E-state index in [1.165, 1.54) is 0 Å². The molecule has 1 aromatic rings. The van der Waals surface area contributed by atoms with E-state index >= 15 is 0 Å². The third-order valence-electron chi connectivity index (χ3n) is 4.26. The van der Waals surface area contributed by atoms with Crippen LogP contribution < -0.4 is 10.2 Å². The van der Waals surface area contributed by atoms with Crippen LogP contribution in [0.4, 0.5) is 0 Å². The highest BCUT2D eigenvalue weighted by atomic mass is 79.9. The van der Waals surface area contributed by atoms with E-state index in [9.17, 15) is 4.79 Å². The fourth-order valence-electron chi connectivity index (χ4n) is 2.72. The van der Waals surface area contributed by atoms with Crippen LogP contribution in [0.15, 0.2) is 44.1 Å². The van der Waals surface area contributed by atoms with Gasteiger partial charge in [0.15, 0.2) is 0 Å². The Bertz CT molecular complexity index is 768. The normalized spacial score (nSPS) is 24.3. The average Bonchev–Trinajstić information content (AvgIpc) is 2.66. The maximum Gasteiger partial charge on any atom is 0.303 e. The number of allylic oxidation sites excluding steroid dienone is 4. The molecule has 2 bridgehead atoms. The monoisotopic (exact) mass is 496 g/mol. The number of hydrogen-bond acceptors (Lipinski definition) is 3. The highest BCUT2D eigenvalue weighted by molar-refractivity contribution is 9.10. The van der Waals surface area contributed by atoms with Crippen LogP contribution in [-0.4, -0.2) is 10.9 Å². The first kappa shape index (κ1) is 22.0. The Morgan fingerprint density at radius 3 is 2.81 bits per heavy atom. The summed E-state index contributed by atoms with van der Waals surface area (Å²) >= 11 is 7.04. The molecule has 2 atom stereocenters. The zero-order valence-corrected chi connectivity index (χ0v) is 18.9. The largest absolute Gasteiger partial charge is 0.460 e. The molecule has 0 saturated carbocycles. The van der Waals surface area contributed by atoms with Gasteiger partial charge in [-0.3, -0.25) is 4.79 Å². The van der Waals surface area contributed by atoms with Gasteiger partial charge in [0.2, 0.25) is 5.43 Å². The maximum atomic E-state index is 12.3. The Balaban J connectivity index is 2.20. The van der Waals surface area contributed by atoms with Gasteiger partial charge in [-0.25, -0.2) is 0 Å². The van der Waals surface area contributed by atoms with Crippen molar-refractivity contribution in [3.8, 4) is 17.8 Å². The number of fused-ring (bicyclic) bond motifs is 2. The molecule has 0 amide bonds. The van der Waals surface area contributed by atoms with Crippen molar-refractivity contribution in [3.63, 3.8) is 0 Å². The summed E-state index contributed by atoms with van der Waals surface area (Å²) in [5, 5.41) is 0. The lowest BCUT2D eigenvalue weighted by Gasteiger charge is -2.21. The summed E-state index contributed by atoms with van der Waals surface area (Å²) in [4.78, 5) is 12.4. The molecule has 1 aliphatic heterocycles. The lowest BCUT2D eigenvalue weighted by Crippen LogP contribution is -2.27. The van der Waals surface area contributed by atoms with Gasteiger partial charge in [-0.15, -0.1) is 5.92 Å². The lowest BCUT2D eigenvalue weighted by atomic mass is 10.1. The van der Waals surface area contributed by atoms with Crippen molar-refractivity contribution in [1.29, 1.82) is 0 Å². The fourth-order valence-corrected chi connectivity index (χ4v) is 3.70. The third-order valence-corrected chi connectivity index (χ3v) is 5.94. The number of aryl methyl sites for hydroxylation is 1. The van der Waals surface area contributed by atoms with Gasteiger partial charge in [0.1, 0.15) is 16.3 Å². The predicted octanol–water partition coefficient (Wildman–Crippen LogP) is 6.34. The SMILES string of the molecule is CC[C@@H]1Oc2oc(cc(=O)c2Br)CCCCC#CC/C=C\C/C=C\C[C@@H]1Br. The van der Waals surface area contributed by atoms with E-state index in [0.29, 0.717) is 16.7 Å². The summed E-state index contributed by atoms with van der Waals surface area (Å²) in [6, 6.07) is 1.55. The van der Waals surface area contributed by atoms with Crippen molar-refractivity contribution in [1.82, 2.24) is 0 Å². The Hall–Kier alpha value is -1.25. The van der Waals surface area contributed by atoms with Crippen molar-refractivity contribution in [2.75, 3.05) is 0 Å². The van der Waals surface area contributed by atoms with E-state index in [4.69, 9.17) is 9.15 Å². The van der Waals surface area contributed by atoms with Gasteiger partial charge in [-0.05, 0) is 48.0 Å². The lowest BCUT2D eigenvalue weighted by molar-refractivity contribution is 0.142. The van der Waals surface area contributed by atoms with E-state index in [1.54, 1.807) is 6.07 Å². The van der Waals surface area contributed by atoms with Crippen LogP contribution in [0.3, 0.4) is 0 Å². The summed E-state index contributed by atoms with van der Waals surface area (Å²) < 4.78 is 12.3. The van der Waals surface area contributed by atoms with Crippen LogP contribution in [0.2, 0.25) is 0 Å². The van der Waals surface area contributed by atoms with Crippen molar-refractivity contribution in [2.45, 2.75) is 69.2 Å². The second-order valence-electron chi connectivity index (χ2n) is 6.44.